The Labute approximate surface area is 228 Å². The zero-order chi connectivity index (χ0) is 26.8. The van der Waals surface area contributed by atoms with Gasteiger partial charge in [0.05, 0.1) is 9.79 Å². The van der Waals surface area contributed by atoms with E-state index in [1.54, 1.807) is 57.1 Å². The van der Waals surface area contributed by atoms with Gasteiger partial charge in [0.2, 0.25) is 20.0 Å². The molecule has 0 saturated carbocycles. The van der Waals surface area contributed by atoms with Crippen LogP contribution in [0, 0.1) is 0 Å². The van der Waals surface area contributed by atoms with Gasteiger partial charge in [-0.05, 0) is 69.1 Å². The second kappa shape index (κ2) is 11.7. The van der Waals surface area contributed by atoms with E-state index in [9.17, 15) is 16.8 Å². The molecule has 0 bridgehead atoms. The van der Waals surface area contributed by atoms with Crippen LogP contribution in [0.3, 0.4) is 0 Å². The van der Waals surface area contributed by atoms with Gasteiger partial charge in [0, 0.05) is 50.9 Å². The van der Waals surface area contributed by atoms with Crippen LogP contribution in [0.15, 0.2) is 58.3 Å². The summed E-state index contributed by atoms with van der Waals surface area (Å²) in [5.41, 5.74) is 1.13. The molecule has 3 aliphatic heterocycles. The van der Waals surface area contributed by atoms with E-state index in [1.165, 1.54) is 19.3 Å². The molecule has 208 valence electrons. The number of piperidine rings is 2. The van der Waals surface area contributed by atoms with E-state index in [4.69, 9.17) is 0 Å². The molecule has 3 heterocycles. The lowest BCUT2D eigenvalue weighted by molar-refractivity contribution is 0.118. The lowest BCUT2D eigenvalue weighted by Gasteiger charge is -2.39. The van der Waals surface area contributed by atoms with Gasteiger partial charge in [0.15, 0.2) is 0 Å². The van der Waals surface area contributed by atoms with Gasteiger partial charge in [0.1, 0.15) is 0 Å². The third-order valence-corrected chi connectivity index (χ3v) is 12.2. The lowest BCUT2D eigenvalue weighted by Crippen LogP contribution is -2.48. The molecule has 0 spiro atoms. The predicted molar refractivity (Wildman–Crippen MR) is 150 cm³/mol. The first-order valence-electron chi connectivity index (χ1n) is 14.0. The fraction of sp³-hybridized carbons (Fsp3) is 0.571. The van der Waals surface area contributed by atoms with Crippen LogP contribution < -0.4 is 0 Å². The number of likely N-dealkylation sites (N-methyl/N-ethyl adjacent to an activating group) is 1. The maximum absolute atomic E-state index is 13.6. The van der Waals surface area contributed by atoms with E-state index in [0.29, 0.717) is 56.4 Å². The van der Waals surface area contributed by atoms with Crippen molar-refractivity contribution in [3.63, 3.8) is 0 Å². The van der Waals surface area contributed by atoms with Crippen LogP contribution in [0.4, 0.5) is 0 Å². The zero-order valence-corrected chi connectivity index (χ0v) is 24.0. The molecular formula is C28H40N4O4S2. The number of piperazine rings is 1. The smallest absolute Gasteiger partial charge is 0.243 e. The van der Waals surface area contributed by atoms with Crippen LogP contribution in [0.1, 0.15) is 39.0 Å². The molecule has 38 heavy (non-hydrogen) atoms. The van der Waals surface area contributed by atoms with Crippen molar-refractivity contribution in [2.24, 2.45) is 0 Å². The number of benzene rings is 2. The van der Waals surface area contributed by atoms with Crippen molar-refractivity contribution in [1.82, 2.24) is 18.4 Å². The monoisotopic (exact) mass is 560 g/mol. The zero-order valence-electron chi connectivity index (χ0n) is 22.3. The molecule has 10 heteroatoms. The molecule has 0 N–H and O–H groups in total. The molecule has 2 aromatic rings. The van der Waals surface area contributed by atoms with E-state index < -0.39 is 20.0 Å². The Kier molecular flexibility index (Phi) is 8.57. The molecule has 0 aromatic heterocycles. The Morgan fingerprint density at radius 2 is 1.37 bits per heavy atom. The maximum Gasteiger partial charge on any atom is 0.243 e. The second-order valence-electron chi connectivity index (χ2n) is 10.6. The van der Waals surface area contributed by atoms with Crippen LogP contribution >= 0.6 is 0 Å². The van der Waals surface area contributed by atoms with Gasteiger partial charge >= 0.3 is 0 Å². The van der Waals surface area contributed by atoms with E-state index >= 15 is 0 Å². The summed E-state index contributed by atoms with van der Waals surface area (Å²) in [7, 11) is -7.39. The Morgan fingerprint density at radius 3 is 2.05 bits per heavy atom. The SMILES string of the molecule is CCN1CCN(S(=O)(=O)c2ccccc2-c2cccc(S(=O)(=O)N3CCC(N4CCCCC4)CC3)c2)CC1. The van der Waals surface area contributed by atoms with Gasteiger partial charge in [-0.1, -0.05) is 43.7 Å². The number of rotatable bonds is 7. The van der Waals surface area contributed by atoms with Crippen molar-refractivity contribution in [1.29, 1.82) is 0 Å². The van der Waals surface area contributed by atoms with Gasteiger partial charge in [-0.15, -0.1) is 0 Å². The van der Waals surface area contributed by atoms with E-state index in [2.05, 4.69) is 16.7 Å². The summed E-state index contributed by atoms with van der Waals surface area (Å²) in [5.74, 6) is 0. The number of likely N-dealkylation sites (tertiary alicyclic amines) is 1. The molecule has 3 saturated heterocycles. The van der Waals surface area contributed by atoms with Crippen molar-refractivity contribution in [2.45, 2.75) is 54.9 Å². The first kappa shape index (κ1) is 27.7. The summed E-state index contributed by atoms with van der Waals surface area (Å²) >= 11 is 0. The van der Waals surface area contributed by atoms with Gasteiger partial charge in [-0.2, -0.15) is 8.61 Å². The van der Waals surface area contributed by atoms with Gasteiger partial charge < -0.3 is 9.80 Å². The summed E-state index contributed by atoms with van der Waals surface area (Å²) in [5, 5.41) is 0. The minimum absolute atomic E-state index is 0.218. The predicted octanol–water partition coefficient (Wildman–Crippen LogP) is 3.32. The van der Waals surface area contributed by atoms with Crippen molar-refractivity contribution in [3.05, 3.63) is 48.5 Å². The Balaban J connectivity index is 1.36. The standard InChI is InChI=1S/C28H40N4O4S2/c1-2-29-19-21-32(22-20-29)38(35,36)28-12-5-4-11-27(28)24-9-8-10-26(23-24)37(33,34)31-17-13-25(14-18-31)30-15-6-3-7-16-30/h4-5,8-12,23,25H,2-3,6-7,13-22H2,1H3. The van der Waals surface area contributed by atoms with E-state index in [1.807, 2.05) is 0 Å². The maximum atomic E-state index is 13.6. The average molecular weight is 561 g/mol. The van der Waals surface area contributed by atoms with E-state index in [-0.39, 0.29) is 9.79 Å². The Morgan fingerprint density at radius 1 is 0.711 bits per heavy atom. The minimum atomic E-state index is -3.72. The highest BCUT2D eigenvalue weighted by Crippen LogP contribution is 2.32. The third kappa shape index (κ3) is 5.71. The van der Waals surface area contributed by atoms with Crippen LogP contribution in [-0.2, 0) is 20.0 Å². The summed E-state index contributed by atoms with van der Waals surface area (Å²) in [4.78, 5) is 5.21. The number of nitrogens with zero attached hydrogens (tertiary/aromatic N) is 4. The van der Waals surface area contributed by atoms with Crippen LogP contribution in [0.25, 0.3) is 11.1 Å². The van der Waals surface area contributed by atoms with Crippen molar-refractivity contribution in [3.8, 4) is 11.1 Å². The van der Waals surface area contributed by atoms with E-state index in [0.717, 1.165) is 32.5 Å². The Bertz CT molecular complexity index is 1310. The first-order valence-corrected chi connectivity index (χ1v) is 16.8. The third-order valence-electron chi connectivity index (χ3n) is 8.40. The molecule has 5 rings (SSSR count). The van der Waals surface area contributed by atoms with Crippen LogP contribution in [-0.4, -0.2) is 100 Å². The van der Waals surface area contributed by atoms with Crippen LogP contribution in [0.5, 0.6) is 0 Å². The van der Waals surface area contributed by atoms with Crippen LogP contribution in [0.2, 0.25) is 0 Å². The number of hydrogen-bond acceptors (Lipinski definition) is 6. The van der Waals surface area contributed by atoms with Gasteiger partial charge in [-0.25, -0.2) is 16.8 Å². The normalized spacial score (nSPS) is 22.0. The lowest BCUT2D eigenvalue weighted by atomic mass is 10.0. The molecule has 2 aromatic carbocycles. The van der Waals surface area contributed by atoms with Gasteiger partial charge in [0.25, 0.3) is 0 Å². The molecule has 3 fully saturated rings. The summed E-state index contributed by atoms with van der Waals surface area (Å²) in [6.07, 6.45) is 5.46. The fourth-order valence-corrected chi connectivity index (χ4v) is 9.21. The molecule has 3 aliphatic rings. The summed E-state index contributed by atoms with van der Waals surface area (Å²) in [6.45, 7) is 8.58. The molecular weight excluding hydrogens is 520 g/mol. The highest BCUT2D eigenvalue weighted by atomic mass is 32.2. The molecule has 0 atom stereocenters. The summed E-state index contributed by atoms with van der Waals surface area (Å²) in [6, 6.07) is 14.2. The van der Waals surface area contributed by atoms with Crippen molar-refractivity contribution >= 4 is 20.0 Å². The molecule has 0 aliphatic carbocycles. The molecule has 0 unspecified atom stereocenters. The molecule has 0 amide bonds. The van der Waals surface area contributed by atoms with Crippen molar-refractivity contribution < 1.29 is 16.8 Å². The quantitative estimate of drug-likeness (QED) is 0.517. The highest BCUT2D eigenvalue weighted by molar-refractivity contribution is 7.89. The largest absolute Gasteiger partial charge is 0.301 e. The molecule has 8 nitrogen and oxygen atoms in total. The fourth-order valence-electron chi connectivity index (χ4n) is 6.06. The number of sulfonamides is 2. The summed E-state index contributed by atoms with van der Waals surface area (Å²) < 4.78 is 57.7. The highest BCUT2D eigenvalue weighted by Gasteiger charge is 2.33. The average Bonchev–Trinajstić information content (AvgIpc) is 2.98. The Hall–Kier alpha value is -1.82. The topological polar surface area (TPSA) is 81.2 Å². The molecule has 0 radical (unpaired) electrons. The minimum Gasteiger partial charge on any atom is -0.301 e. The van der Waals surface area contributed by atoms with Gasteiger partial charge in [-0.3, -0.25) is 0 Å². The number of hydrogen-bond donors (Lipinski definition) is 0. The first-order chi connectivity index (χ1) is 18.3. The second-order valence-corrected chi connectivity index (χ2v) is 14.4. The van der Waals surface area contributed by atoms with Crippen molar-refractivity contribution in [2.75, 3.05) is 58.9 Å².